The normalized spacial score (nSPS) is 19.1. The molecule has 0 saturated heterocycles. The van der Waals surface area contributed by atoms with E-state index in [2.05, 4.69) is 16.4 Å². The van der Waals surface area contributed by atoms with Gasteiger partial charge in [0.05, 0.1) is 0 Å². The van der Waals surface area contributed by atoms with Crippen molar-refractivity contribution in [2.45, 2.75) is 44.6 Å². The number of carbonyl (C=O) groups is 1. The van der Waals surface area contributed by atoms with E-state index in [-0.39, 0.29) is 12.5 Å². The summed E-state index contributed by atoms with van der Waals surface area (Å²) in [6.07, 6.45) is 7.00. The number of carbonyl (C=O) groups excluding carboxylic acids is 1. The van der Waals surface area contributed by atoms with Gasteiger partial charge in [-0.25, -0.2) is 4.99 Å². The lowest BCUT2D eigenvalue weighted by Gasteiger charge is -2.23. The number of anilines is 1. The van der Waals surface area contributed by atoms with Crippen LogP contribution in [0.2, 0.25) is 0 Å². The maximum absolute atomic E-state index is 12.3. The Balaban J connectivity index is 1.54. The van der Waals surface area contributed by atoms with Crippen molar-refractivity contribution in [1.82, 2.24) is 5.32 Å². The Labute approximate surface area is 131 Å². The summed E-state index contributed by atoms with van der Waals surface area (Å²) in [5.74, 6) is 0.408. The molecule has 0 unspecified atom stereocenters. The number of para-hydroxylation sites is 1. The van der Waals surface area contributed by atoms with E-state index >= 15 is 0 Å². The van der Waals surface area contributed by atoms with E-state index in [9.17, 15) is 4.79 Å². The van der Waals surface area contributed by atoms with Crippen molar-refractivity contribution in [3.63, 3.8) is 0 Å². The lowest BCUT2D eigenvalue weighted by atomic mass is 9.96. The lowest BCUT2D eigenvalue weighted by Crippen LogP contribution is -2.42. The molecule has 1 amide bonds. The molecule has 0 aromatic heterocycles. The van der Waals surface area contributed by atoms with Gasteiger partial charge in [0.15, 0.2) is 5.96 Å². The number of benzene rings is 1. The van der Waals surface area contributed by atoms with Crippen LogP contribution in [0.1, 0.15) is 37.7 Å². The molecular weight excluding hydrogens is 276 g/mol. The highest BCUT2D eigenvalue weighted by Gasteiger charge is 2.23. The molecule has 0 radical (unpaired) electrons. The van der Waals surface area contributed by atoms with Gasteiger partial charge in [0.1, 0.15) is 6.54 Å². The number of fused-ring (bicyclic) bond motifs is 1. The monoisotopic (exact) mass is 300 g/mol. The fourth-order valence-electron chi connectivity index (χ4n) is 3.34. The maximum Gasteiger partial charge on any atom is 0.248 e. The van der Waals surface area contributed by atoms with Gasteiger partial charge < -0.3 is 16.0 Å². The predicted octanol–water partition coefficient (Wildman–Crippen LogP) is 1.81. The van der Waals surface area contributed by atoms with Gasteiger partial charge in [-0.3, -0.25) is 4.79 Å². The van der Waals surface area contributed by atoms with E-state index in [0.29, 0.717) is 12.0 Å². The molecule has 1 aromatic rings. The summed E-state index contributed by atoms with van der Waals surface area (Å²) in [6.45, 7) is 0.851. The largest absolute Gasteiger partial charge is 0.370 e. The minimum Gasteiger partial charge on any atom is -0.370 e. The molecule has 3 rings (SSSR count). The van der Waals surface area contributed by atoms with Crippen LogP contribution in [0.25, 0.3) is 0 Å². The van der Waals surface area contributed by atoms with E-state index < -0.39 is 0 Å². The number of hydrogen-bond acceptors (Lipinski definition) is 2. The van der Waals surface area contributed by atoms with Crippen molar-refractivity contribution in [3.8, 4) is 0 Å². The minimum absolute atomic E-state index is 0.0124. The number of guanidine groups is 1. The summed E-state index contributed by atoms with van der Waals surface area (Å²) in [5.41, 5.74) is 8.16. The summed E-state index contributed by atoms with van der Waals surface area (Å²) < 4.78 is 0. The zero-order valence-corrected chi connectivity index (χ0v) is 12.9. The first-order valence-corrected chi connectivity index (χ1v) is 8.19. The topological polar surface area (TPSA) is 70.7 Å². The first-order chi connectivity index (χ1) is 10.7. The van der Waals surface area contributed by atoms with Crippen LogP contribution in [-0.2, 0) is 11.2 Å². The Morgan fingerprint density at radius 3 is 2.86 bits per heavy atom. The van der Waals surface area contributed by atoms with E-state index in [1.807, 2.05) is 23.1 Å². The molecule has 0 spiro atoms. The Bertz CT molecular complexity index is 564. The molecule has 0 atom stereocenters. The number of nitrogens with one attached hydrogen (secondary N) is 1. The van der Waals surface area contributed by atoms with Crippen LogP contribution in [0.5, 0.6) is 0 Å². The number of nitrogens with two attached hydrogens (primary N) is 1. The van der Waals surface area contributed by atoms with Crippen molar-refractivity contribution in [2.75, 3.05) is 18.0 Å². The molecule has 22 heavy (non-hydrogen) atoms. The van der Waals surface area contributed by atoms with E-state index in [0.717, 1.165) is 31.5 Å². The average Bonchev–Trinajstić information content (AvgIpc) is 2.98. The zero-order valence-electron chi connectivity index (χ0n) is 12.9. The molecule has 2 aliphatic rings. The highest BCUT2D eigenvalue weighted by Crippen LogP contribution is 2.27. The van der Waals surface area contributed by atoms with Crippen LogP contribution < -0.4 is 16.0 Å². The highest BCUT2D eigenvalue weighted by atomic mass is 16.2. The Kier molecular flexibility index (Phi) is 4.61. The molecule has 1 aromatic carbocycles. The van der Waals surface area contributed by atoms with Crippen LogP contribution >= 0.6 is 0 Å². The highest BCUT2D eigenvalue weighted by molar-refractivity contribution is 5.97. The molecule has 1 heterocycles. The lowest BCUT2D eigenvalue weighted by molar-refractivity contribution is -0.117. The molecule has 5 heteroatoms. The number of rotatable bonds is 3. The molecule has 1 saturated carbocycles. The standard InChI is InChI=1S/C17H24N4O/c18-17(20-14-7-2-1-3-8-14)19-12-16(22)21-11-10-13-6-4-5-9-15(13)21/h4-6,9,14H,1-3,7-8,10-12H2,(H3,18,19,20). The third-order valence-electron chi connectivity index (χ3n) is 4.53. The zero-order chi connectivity index (χ0) is 15.4. The Morgan fingerprint density at radius 2 is 2.05 bits per heavy atom. The number of hydrogen-bond donors (Lipinski definition) is 2. The molecule has 0 bridgehead atoms. The molecule has 1 aliphatic heterocycles. The minimum atomic E-state index is 0.0124. The van der Waals surface area contributed by atoms with Gasteiger partial charge in [-0.2, -0.15) is 0 Å². The van der Waals surface area contributed by atoms with Crippen molar-refractivity contribution < 1.29 is 4.79 Å². The fraction of sp³-hybridized carbons (Fsp3) is 0.529. The summed E-state index contributed by atoms with van der Waals surface area (Å²) in [7, 11) is 0. The second-order valence-electron chi connectivity index (χ2n) is 6.10. The Hall–Kier alpha value is -2.04. The van der Waals surface area contributed by atoms with Gasteiger partial charge in [0.2, 0.25) is 5.91 Å². The molecule has 118 valence electrons. The summed E-state index contributed by atoms with van der Waals surface area (Å²) in [5, 5.41) is 3.24. The second-order valence-corrected chi connectivity index (χ2v) is 6.10. The summed E-state index contributed by atoms with van der Waals surface area (Å²) in [4.78, 5) is 18.4. The quantitative estimate of drug-likeness (QED) is 0.660. The van der Waals surface area contributed by atoms with Crippen molar-refractivity contribution >= 4 is 17.6 Å². The van der Waals surface area contributed by atoms with Crippen molar-refractivity contribution in [3.05, 3.63) is 29.8 Å². The third kappa shape index (κ3) is 3.40. The number of amides is 1. The van der Waals surface area contributed by atoms with Crippen LogP contribution in [0.4, 0.5) is 5.69 Å². The van der Waals surface area contributed by atoms with Crippen LogP contribution in [0.3, 0.4) is 0 Å². The van der Waals surface area contributed by atoms with Crippen molar-refractivity contribution in [2.24, 2.45) is 10.7 Å². The predicted molar refractivity (Wildman–Crippen MR) is 89.0 cm³/mol. The molecule has 1 fully saturated rings. The summed E-state index contributed by atoms with van der Waals surface area (Å²) >= 11 is 0. The van der Waals surface area contributed by atoms with Crippen LogP contribution in [0.15, 0.2) is 29.3 Å². The summed E-state index contributed by atoms with van der Waals surface area (Å²) in [6, 6.07) is 8.46. The number of nitrogens with zero attached hydrogens (tertiary/aromatic N) is 2. The first kappa shape index (κ1) is 14.9. The SMILES string of the molecule is NC(=NCC(=O)N1CCc2ccccc21)NC1CCCCC1. The van der Waals surface area contributed by atoms with Gasteiger partial charge in [0, 0.05) is 18.3 Å². The fourth-order valence-corrected chi connectivity index (χ4v) is 3.34. The smallest absolute Gasteiger partial charge is 0.248 e. The van der Waals surface area contributed by atoms with Gasteiger partial charge >= 0.3 is 0 Å². The van der Waals surface area contributed by atoms with Gasteiger partial charge in [-0.05, 0) is 30.9 Å². The van der Waals surface area contributed by atoms with Crippen LogP contribution in [-0.4, -0.2) is 31.0 Å². The molecule has 1 aliphatic carbocycles. The van der Waals surface area contributed by atoms with E-state index in [1.165, 1.54) is 24.8 Å². The third-order valence-corrected chi connectivity index (χ3v) is 4.53. The molecule has 3 N–H and O–H groups in total. The van der Waals surface area contributed by atoms with Crippen molar-refractivity contribution in [1.29, 1.82) is 0 Å². The Morgan fingerprint density at radius 1 is 1.27 bits per heavy atom. The maximum atomic E-state index is 12.3. The van der Waals surface area contributed by atoms with Gasteiger partial charge in [-0.1, -0.05) is 37.5 Å². The van der Waals surface area contributed by atoms with E-state index in [1.54, 1.807) is 0 Å². The van der Waals surface area contributed by atoms with Gasteiger partial charge in [0.25, 0.3) is 0 Å². The average molecular weight is 300 g/mol. The molecule has 5 nitrogen and oxygen atoms in total. The number of aliphatic imine (C=N–C) groups is 1. The molecular formula is C17H24N4O. The second kappa shape index (κ2) is 6.81. The van der Waals surface area contributed by atoms with E-state index in [4.69, 9.17) is 5.73 Å². The van der Waals surface area contributed by atoms with Gasteiger partial charge in [-0.15, -0.1) is 0 Å². The first-order valence-electron chi connectivity index (χ1n) is 8.19. The van der Waals surface area contributed by atoms with Crippen LogP contribution in [0, 0.1) is 0 Å².